The second-order valence-electron chi connectivity index (χ2n) is 10.7. The summed E-state index contributed by atoms with van der Waals surface area (Å²) in [7, 11) is 22.0. The van der Waals surface area contributed by atoms with Gasteiger partial charge in [0.1, 0.15) is 54.9 Å². The third-order valence-electron chi connectivity index (χ3n) is 7.77. The van der Waals surface area contributed by atoms with E-state index >= 15 is 0 Å². The van der Waals surface area contributed by atoms with Gasteiger partial charge in [-0.15, -0.1) is 21.5 Å². The summed E-state index contributed by atoms with van der Waals surface area (Å²) in [6, 6.07) is 6.43. The van der Waals surface area contributed by atoms with Crippen molar-refractivity contribution in [1.82, 2.24) is 5.32 Å². The van der Waals surface area contributed by atoms with Crippen molar-refractivity contribution in [3.63, 3.8) is 0 Å². The van der Waals surface area contributed by atoms with E-state index in [2.05, 4.69) is 90.7 Å². The second-order valence-corrected chi connectivity index (χ2v) is 11.2. The topological polar surface area (TPSA) is 33.6 Å². The molecule has 0 saturated carbocycles. The molecule has 14 heteroatoms. The molecule has 0 spiro atoms. The monoisotopic (exact) mass is 420 g/mol. The summed E-state index contributed by atoms with van der Waals surface area (Å²) in [5.74, 6) is 0. The average Bonchev–Trinajstić information content (AvgIpc) is 2.64. The smallest absolute Gasteiger partial charge is 0.290 e. The van der Waals surface area contributed by atoms with Crippen LogP contribution in [0, 0.1) is 0 Å². The molecule has 0 saturated heterocycles. The maximum Gasteiger partial charge on any atom is 0.290 e. The normalized spacial score (nSPS) is 18.6. The fourth-order valence-electron chi connectivity index (χ4n) is 4.28. The van der Waals surface area contributed by atoms with Gasteiger partial charge >= 0.3 is 0 Å². The molecular weight excluding hydrogens is 392 g/mol. The summed E-state index contributed by atoms with van der Waals surface area (Å²) in [5.41, 5.74) is 8.82. The van der Waals surface area contributed by atoms with E-state index in [9.17, 15) is 0 Å². The van der Waals surface area contributed by atoms with Crippen LogP contribution in [0.1, 0.15) is 18.1 Å². The molecule has 1 aliphatic heterocycles. The van der Waals surface area contributed by atoms with Gasteiger partial charge in [0.05, 0.1) is 29.2 Å². The molecule has 1 atom stereocenters. The van der Waals surface area contributed by atoms with Crippen molar-refractivity contribution >= 4 is 129 Å². The molecular formula is C17H27B10ClN2O. The fraction of sp³-hybridized carbons (Fsp3) is 0.235. The summed E-state index contributed by atoms with van der Waals surface area (Å²) in [5, 5.41) is 4.07. The standard InChI is InChI=1S/C17H27B10ClN2O/c1-15(8-9(18)11(20)13(22)12(21)10(8)19)6-4-5(28)2-3-7(6)29-14(31-15)30-17(26,27)16(23,24)25/h2-4H,18-27H2,1H3,(H,29,30). The van der Waals surface area contributed by atoms with Crippen molar-refractivity contribution in [2.24, 2.45) is 4.99 Å². The highest BCUT2D eigenvalue weighted by molar-refractivity contribution is 6.68. The van der Waals surface area contributed by atoms with E-state index in [0.29, 0.717) is 11.0 Å². The Morgan fingerprint density at radius 3 is 1.94 bits per heavy atom. The van der Waals surface area contributed by atoms with Gasteiger partial charge in [-0.05, 0) is 36.0 Å². The first-order chi connectivity index (χ1) is 14.1. The summed E-state index contributed by atoms with van der Waals surface area (Å²) in [6.07, 6.45) is 0. The first kappa shape index (κ1) is 24.3. The molecule has 2 aromatic carbocycles. The maximum atomic E-state index is 6.76. The largest absolute Gasteiger partial charge is 0.449 e. The molecule has 0 bridgehead atoms. The molecule has 1 heterocycles. The van der Waals surface area contributed by atoms with Crippen LogP contribution in [0.5, 0.6) is 0 Å². The van der Waals surface area contributed by atoms with Gasteiger partial charge in [0.15, 0.2) is 5.60 Å². The number of fused-ring (bicyclic) bond motifs is 1. The van der Waals surface area contributed by atoms with Crippen molar-refractivity contribution < 1.29 is 4.74 Å². The number of aliphatic imine (C=N–C) groups is 1. The molecule has 1 aliphatic rings. The number of halogens is 1. The minimum absolute atomic E-state index is 0.0123. The van der Waals surface area contributed by atoms with Gasteiger partial charge in [-0.1, -0.05) is 22.5 Å². The first-order valence-corrected chi connectivity index (χ1v) is 11.4. The Hall–Kier alpha value is -1.35. The number of ether oxygens (including phenoxy) is 1. The quantitative estimate of drug-likeness (QED) is 0.502. The molecule has 148 valence electrons. The van der Waals surface area contributed by atoms with Crippen molar-refractivity contribution in [2.75, 3.05) is 0 Å². The zero-order valence-electron chi connectivity index (χ0n) is 21.0. The Balaban J connectivity index is 2.27. The minimum Gasteiger partial charge on any atom is -0.449 e. The van der Waals surface area contributed by atoms with Crippen molar-refractivity contribution in [3.05, 3.63) is 34.3 Å². The van der Waals surface area contributed by atoms with Crippen molar-refractivity contribution in [2.45, 2.75) is 23.0 Å². The molecule has 3 rings (SSSR count). The fourth-order valence-corrected chi connectivity index (χ4v) is 4.45. The number of nitrogens with one attached hydrogen (secondary N) is 1. The van der Waals surface area contributed by atoms with E-state index in [0.717, 1.165) is 11.3 Å². The third-order valence-corrected chi connectivity index (χ3v) is 8.00. The highest BCUT2D eigenvalue weighted by Crippen LogP contribution is 2.42. The Labute approximate surface area is 201 Å². The van der Waals surface area contributed by atoms with E-state index in [1.165, 1.54) is 32.9 Å². The highest BCUT2D eigenvalue weighted by atomic mass is 35.5. The molecule has 3 nitrogen and oxygen atoms in total. The van der Waals surface area contributed by atoms with Crippen LogP contribution in [0.3, 0.4) is 0 Å². The Morgan fingerprint density at radius 1 is 0.903 bits per heavy atom. The summed E-state index contributed by atoms with van der Waals surface area (Å²) in [4.78, 5) is 4.85. The SMILES string of the molecule is Bc1c(B)c(B)c(C2(C)OC(NC(B)(B)C(B)(B)B)=Nc3ccc(Cl)cc32)c(B)c1B. The lowest BCUT2D eigenvalue weighted by Crippen LogP contribution is -2.62. The summed E-state index contributed by atoms with van der Waals surface area (Å²) >= 11 is 6.44. The Bertz CT molecular complexity index is 1070. The lowest BCUT2D eigenvalue weighted by Gasteiger charge is -2.45. The van der Waals surface area contributed by atoms with Crippen LogP contribution >= 0.6 is 11.6 Å². The lowest BCUT2D eigenvalue weighted by atomic mass is 9.26. The van der Waals surface area contributed by atoms with Gasteiger partial charge in [-0.2, -0.15) is 4.99 Å². The van der Waals surface area contributed by atoms with Crippen LogP contribution in [-0.4, -0.2) is 89.8 Å². The second kappa shape index (κ2) is 7.90. The third kappa shape index (κ3) is 4.08. The van der Waals surface area contributed by atoms with Gasteiger partial charge in [0.25, 0.3) is 6.02 Å². The van der Waals surface area contributed by atoms with Crippen molar-refractivity contribution in [3.8, 4) is 0 Å². The van der Waals surface area contributed by atoms with E-state index in [4.69, 9.17) is 21.3 Å². The number of amidine groups is 1. The average molecular weight is 419 g/mol. The molecule has 2 aromatic rings. The Morgan fingerprint density at radius 2 is 1.42 bits per heavy atom. The van der Waals surface area contributed by atoms with Crippen LogP contribution in [0.15, 0.2) is 23.2 Å². The number of nitrogens with zero attached hydrogens (tertiary/aromatic N) is 1. The number of benzene rings is 2. The first-order valence-electron chi connectivity index (χ1n) is 11.0. The summed E-state index contributed by atoms with van der Waals surface area (Å²) < 4.78 is 6.76. The van der Waals surface area contributed by atoms with Crippen LogP contribution in [0.25, 0.3) is 0 Å². The Kier molecular flexibility index (Phi) is 6.19. The minimum atomic E-state index is -0.713. The van der Waals surface area contributed by atoms with E-state index in [-0.39, 0.29) is 10.5 Å². The number of hydrogen-bond acceptors (Lipinski definition) is 3. The number of rotatable bonds is 3. The predicted octanol–water partition coefficient (Wildman–Crippen LogP) is -9.60. The van der Waals surface area contributed by atoms with Gasteiger partial charge in [0.2, 0.25) is 0 Å². The summed E-state index contributed by atoms with van der Waals surface area (Å²) in [6.45, 7) is 2.14. The molecule has 1 unspecified atom stereocenters. The predicted molar refractivity (Wildman–Crippen MR) is 165 cm³/mol. The lowest BCUT2D eigenvalue weighted by molar-refractivity contribution is 0.106. The van der Waals surface area contributed by atoms with E-state index in [1.807, 2.05) is 18.2 Å². The van der Waals surface area contributed by atoms with Gasteiger partial charge in [-0.3, -0.25) is 0 Å². The molecule has 31 heavy (non-hydrogen) atoms. The maximum absolute atomic E-state index is 6.76. The van der Waals surface area contributed by atoms with Gasteiger partial charge < -0.3 is 10.1 Å². The van der Waals surface area contributed by atoms with Crippen LogP contribution in [0.2, 0.25) is 10.1 Å². The molecule has 0 fully saturated rings. The molecule has 1 N–H and O–H groups in total. The zero-order valence-corrected chi connectivity index (χ0v) is 21.7. The van der Waals surface area contributed by atoms with Crippen LogP contribution in [0.4, 0.5) is 5.69 Å². The van der Waals surface area contributed by atoms with Gasteiger partial charge in [-0.25, -0.2) is 0 Å². The van der Waals surface area contributed by atoms with Crippen molar-refractivity contribution in [1.29, 1.82) is 0 Å². The molecule has 0 aromatic heterocycles. The highest BCUT2D eigenvalue weighted by Gasteiger charge is 2.42. The van der Waals surface area contributed by atoms with Gasteiger partial charge in [0, 0.05) is 10.6 Å². The van der Waals surface area contributed by atoms with E-state index in [1.54, 1.807) is 0 Å². The number of hydrogen-bond donors (Lipinski definition) is 1. The molecule has 0 amide bonds. The molecule has 0 aliphatic carbocycles. The molecule has 0 radical (unpaired) electrons. The van der Waals surface area contributed by atoms with Crippen LogP contribution in [-0.2, 0) is 10.3 Å². The zero-order chi connectivity index (χ0) is 23.5. The van der Waals surface area contributed by atoms with E-state index < -0.39 is 5.60 Å². The van der Waals surface area contributed by atoms with Crippen LogP contribution < -0.4 is 32.6 Å².